The molecule has 1 fully saturated rings. The molecule has 0 amide bonds. The molecule has 0 aromatic carbocycles. The molecule has 1 aromatic heterocycles. The lowest BCUT2D eigenvalue weighted by molar-refractivity contribution is 0.296. The predicted molar refractivity (Wildman–Crippen MR) is 67.9 cm³/mol. The van der Waals surface area contributed by atoms with E-state index in [0.29, 0.717) is 18.5 Å². The van der Waals surface area contributed by atoms with Crippen molar-refractivity contribution in [1.82, 2.24) is 9.97 Å². The molecule has 0 spiro atoms. The van der Waals surface area contributed by atoms with Crippen molar-refractivity contribution in [3.63, 3.8) is 0 Å². The van der Waals surface area contributed by atoms with Gasteiger partial charge in [-0.3, -0.25) is 0 Å². The Morgan fingerprint density at radius 2 is 2.18 bits per heavy atom. The van der Waals surface area contributed by atoms with E-state index in [1.165, 1.54) is 25.7 Å². The first-order valence-corrected chi connectivity index (χ1v) is 6.19. The maximum atomic E-state index is 9.20. The quantitative estimate of drug-likeness (QED) is 0.819. The van der Waals surface area contributed by atoms with Gasteiger partial charge in [0.05, 0.1) is 6.61 Å². The molecule has 0 bridgehead atoms. The Kier molecular flexibility index (Phi) is 3.78. The van der Waals surface area contributed by atoms with Gasteiger partial charge in [-0.1, -0.05) is 12.8 Å². The van der Waals surface area contributed by atoms with Crippen LogP contribution >= 0.6 is 0 Å². The molecule has 3 N–H and O–H groups in total. The van der Waals surface area contributed by atoms with E-state index in [0.717, 1.165) is 11.4 Å². The summed E-state index contributed by atoms with van der Waals surface area (Å²) < 4.78 is 0. The minimum atomic E-state index is 0.139. The van der Waals surface area contributed by atoms with E-state index in [-0.39, 0.29) is 6.61 Å². The Balaban J connectivity index is 2.27. The summed E-state index contributed by atoms with van der Waals surface area (Å²) in [6, 6.07) is 0.482. The number of hydrogen-bond donors (Lipinski definition) is 2. The molecular formula is C12H20N4O. The third kappa shape index (κ3) is 2.66. The van der Waals surface area contributed by atoms with Crippen LogP contribution < -0.4 is 10.6 Å². The van der Waals surface area contributed by atoms with Gasteiger partial charge in [-0.15, -0.1) is 0 Å². The number of aliphatic hydroxyl groups excluding tert-OH is 1. The second kappa shape index (κ2) is 5.31. The molecule has 17 heavy (non-hydrogen) atoms. The van der Waals surface area contributed by atoms with Crippen molar-refractivity contribution in [1.29, 1.82) is 0 Å². The maximum Gasteiger partial charge on any atom is 0.221 e. The number of aryl methyl sites for hydroxylation is 1. The summed E-state index contributed by atoms with van der Waals surface area (Å²) in [7, 11) is 0. The van der Waals surface area contributed by atoms with Gasteiger partial charge < -0.3 is 15.7 Å². The normalized spacial score (nSPS) is 16.4. The zero-order valence-electron chi connectivity index (χ0n) is 10.3. The second-order valence-electron chi connectivity index (χ2n) is 4.59. The van der Waals surface area contributed by atoms with Gasteiger partial charge in [0.1, 0.15) is 5.82 Å². The molecule has 1 heterocycles. The summed E-state index contributed by atoms with van der Waals surface area (Å²) >= 11 is 0. The third-order valence-electron chi connectivity index (χ3n) is 3.34. The minimum absolute atomic E-state index is 0.139. The van der Waals surface area contributed by atoms with Gasteiger partial charge in [0.25, 0.3) is 0 Å². The predicted octanol–water partition coefficient (Wildman–Crippen LogP) is 1.11. The van der Waals surface area contributed by atoms with Crippen LogP contribution in [0.25, 0.3) is 0 Å². The lowest BCUT2D eigenvalue weighted by atomic mass is 10.2. The molecule has 1 aliphatic rings. The van der Waals surface area contributed by atoms with Crippen LogP contribution in [0.1, 0.15) is 31.2 Å². The summed E-state index contributed by atoms with van der Waals surface area (Å²) in [4.78, 5) is 10.5. The molecule has 0 aliphatic heterocycles. The Morgan fingerprint density at radius 3 is 2.82 bits per heavy atom. The molecule has 5 heteroatoms. The molecular weight excluding hydrogens is 216 g/mol. The average molecular weight is 236 g/mol. The summed E-state index contributed by atoms with van der Waals surface area (Å²) in [5, 5.41) is 9.20. The second-order valence-corrected chi connectivity index (χ2v) is 4.59. The smallest absolute Gasteiger partial charge is 0.221 e. The summed E-state index contributed by atoms with van der Waals surface area (Å²) in [5.41, 5.74) is 6.66. The number of aromatic nitrogens is 2. The van der Waals surface area contributed by atoms with Crippen LogP contribution in [0.15, 0.2) is 6.20 Å². The van der Waals surface area contributed by atoms with Crippen LogP contribution in [-0.4, -0.2) is 34.3 Å². The SMILES string of the molecule is Cc1cnc(N)nc1N(CCO)C1CCCC1. The zero-order valence-corrected chi connectivity index (χ0v) is 10.3. The Labute approximate surface area is 102 Å². The summed E-state index contributed by atoms with van der Waals surface area (Å²) in [6.45, 7) is 2.73. The van der Waals surface area contributed by atoms with Gasteiger partial charge >= 0.3 is 0 Å². The van der Waals surface area contributed by atoms with Gasteiger partial charge in [-0.2, -0.15) is 4.98 Å². The molecule has 1 saturated carbocycles. The lowest BCUT2D eigenvalue weighted by Crippen LogP contribution is -2.37. The summed E-state index contributed by atoms with van der Waals surface area (Å²) in [5.74, 6) is 1.17. The molecule has 94 valence electrons. The van der Waals surface area contributed by atoms with Gasteiger partial charge in [0.2, 0.25) is 5.95 Å². The van der Waals surface area contributed by atoms with E-state index >= 15 is 0 Å². The van der Waals surface area contributed by atoms with Crippen LogP contribution in [0.3, 0.4) is 0 Å². The van der Waals surface area contributed by atoms with E-state index in [4.69, 9.17) is 5.73 Å². The van der Waals surface area contributed by atoms with Crippen molar-refractivity contribution >= 4 is 11.8 Å². The van der Waals surface area contributed by atoms with Crippen molar-refractivity contribution in [3.05, 3.63) is 11.8 Å². The number of aliphatic hydroxyl groups is 1. The van der Waals surface area contributed by atoms with E-state index in [1.807, 2.05) is 6.92 Å². The fraction of sp³-hybridized carbons (Fsp3) is 0.667. The molecule has 0 saturated heterocycles. The van der Waals surface area contributed by atoms with Crippen molar-refractivity contribution in [2.24, 2.45) is 0 Å². The number of hydrogen-bond acceptors (Lipinski definition) is 5. The topological polar surface area (TPSA) is 75.3 Å². The van der Waals surface area contributed by atoms with Crippen LogP contribution in [0.2, 0.25) is 0 Å². The molecule has 0 radical (unpaired) electrons. The van der Waals surface area contributed by atoms with Crippen LogP contribution in [0, 0.1) is 6.92 Å². The first kappa shape index (κ1) is 12.1. The van der Waals surface area contributed by atoms with Gasteiger partial charge in [0, 0.05) is 24.3 Å². The Bertz CT molecular complexity index is 377. The number of anilines is 2. The van der Waals surface area contributed by atoms with E-state index in [2.05, 4.69) is 14.9 Å². The average Bonchev–Trinajstić information content (AvgIpc) is 2.83. The highest BCUT2D eigenvalue weighted by Gasteiger charge is 2.24. The zero-order chi connectivity index (χ0) is 12.3. The van der Waals surface area contributed by atoms with Crippen molar-refractivity contribution < 1.29 is 5.11 Å². The highest BCUT2D eigenvalue weighted by molar-refractivity contribution is 5.49. The first-order valence-electron chi connectivity index (χ1n) is 6.19. The highest BCUT2D eigenvalue weighted by atomic mass is 16.3. The number of nitrogens with zero attached hydrogens (tertiary/aromatic N) is 3. The van der Waals surface area contributed by atoms with Gasteiger partial charge in [-0.05, 0) is 19.8 Å². The van der Waals surface area contributed by atoms with Crippen molar-refractivity contribution in [2.45, 2.75) is 38.6 Å². The maximum absolute atomic E-state index is 9.20. The number of rotatable bonds is 4. The molecule has 1 aromatic rings. The Morgan fingerprint density at radius 1 is 1.47 bits per heavy atom. The van der Waals surface area contributed by atoms with Crippen LogP contribution in [0.4, 0.5) is 11.8 Å². The summed E-state index contributed by atoms with van der Waals surface area (Å²) in [6.07, 6.45) is 6.60. The van der Waals surface area contributed by atoms with Gasteiger partial charge in [-0.25, -0.2) is 4.98 Å². The van der Waals surface area contributed by atoms with E-state index in [9.17, 15) is 5.11 Å². The molecule has 1 aliphatic carbocycles. The van der Waals surface area contributed by atoms with Crippen molar-refractivity contribution in [3.8, 4) is 0 Å². The molecule has 2 rings (SSSR count). The monoisotopic (exact) mass is 236 g/mol. The Hall–Kier alpha value is -1.36. The highest BCUT2D eigenvalue weighted by Crippen LogP contribution is 2.28. The fourth-order valence-electron chi connectivity index (χ4n) is 2.52. The van der Waals surface area contributed by atoms with Gasteiger partial charge in [0.15, 0.2) is 0 Å². The van der Waals surface area contributed by atoms with Crippen LogP contribution in [-0.2, 0) is 0 Å². The number of nitrogens with two attached hydrogens (primary N) is 1. The first-order chi connectivity index (χ1) is 8.22. The number of nitrogen functional groups attached to an aromatic ring is 1. The molecule has 0 atom stereocenters. The fourth-order valence-corrected chi connectivity index (χ4v) is 2.52. The minimum Gasteiger partial charge on any atom is -0.395 e. The molecule has 0 unspecified atom stereocenters. The third-order valence-corrected chi connectivity index (χ3v) is 3.34. The standard InChI is InChI=1S/C12H20N4O/c1-9-8-14-12(13)15-11(9)16(6-7-17)10-4-2-3-5-10/h8,10,17H,2-7H2,1H3,(H2,13,14,15). The van der Waals surface area contributed by atoms with E-state index < -0.39 is 0 Å². The lowest BCUT2D eigenvalue weighted by Gasteiger charge is -2.30. The van der Waals surface area contributed by atoms with Crippen LogP contribution in [0.5, 0.6) is 0 Å². The van der Waals surface area contributed by atoms with E-state index in [1.54, 1.807) is 6.20 Å². The largest absolute Gasteiger partial charge is 0.395 e. The molecule has 5 nitrogen and oxygen atoms in total. The van der Waals surface area contributed by atoms with Crippen molar-refractivity contribution in [2.75, 3.05) is 23.8 Å².